The molecule has 1 atom stereocenters. The number of hydrogen-bond acceptors (Lipinski definition) is 3. The predicted octanol–water partition coefficient (Wildman–Crippen LogP) is 5.56. The Morgan fingerprint density at radius 2 is 1.62 bits per heavy atom. The number of nitrogens with one attached hydrogen (secondary N) is 1. The van der Waals surface area contributed by atoms with Crippen LogP contribution in [0.1, 0.15) is 84.4 Å². The van der Waals surface area contributed by atoms with Crippen LogP contribution in [0.4, 0.5) is 5.69 Å². The fourth-order valence-corrected chi connectivity index (χ4v) is 4.29. The van der Waals surface area contributed by atoms with Crippen LogP contribution in [-0.4, -0.2) is 22.3 Å². The van der Waals surface area contributed by atoms with Gasteiger partial charge in [-0.3, -0.25) is 19.5 Å². The highest BCUT2D eigenvalue weighted by Crippen LogP contribution is 2.35. The molecule has 5 heteroatoms. The molecule has 1 unspecified atom stereocenters. The molecule has 5 nitrogen and oxygen atoms in total. The summed E-state index contributed by atoms with van der Waals surface area (Å²) in [6.07, 6.45) is 7.22. The van der Waals surface area contributed by atoms with Crippen molar-refractivity contribution in [1.82, 2.24) is 10.3 Å². The highest BCUT2D eigenvalue weighted by atomic mass is 16.2. The minimum atomic E-state index is -0.781. The third-order valence-electron chi connectivity index (χ3n) is 5.96. The normalized spacial score (nSPS) is 15.9. The summed E-state index contributed by atoms with van der Waals surface area (Å²) in [4.78, 5) is 33.4. The maximum absolute atomic E-state index is 13.8. The maximum atomic E-state index is 13.8. The Balaban J connectivity index is 2.11. The number of rotatable bonds is 5. The van der Waals surface area contributed by atoms with Crippen LogP contribution in [0.5, 0.6) is 0 Å². The van der Waals surface area contributed by atoms with Gasteiger partial charge in [0.25, 0.3) is 0 Å². The van der Waals surface area contributed by atoms with E-state index in [1.807, 2.05) is 45.0 Å². The van der Waals surface area contributed by atoms with Crippen molar-refractivity contribution in [2.45, 2.75) is 84.2 Å². The molecule has 1 aromatic carbocycles. The van der Waals surface area contributed by atoms with Crippen LogP contribution in [0, 0.1) is 5.92 Å². The largest absolute Gasteiger partial charge is 0.349 e. The lowest BCUT2D eigenvalue weighted by Gasteiger charge is -2.35. The number of pyridine rings is 1. The van der Waals surface area contributed by atoms with Gasteiger partial charge < -0.3 is 5.32 Å². The van der Waals surface area contributed by atoms with Crippen molar-refractivity contribution in [2.24, 2.45) is 5.92 Å². The monoisotopic (exact) mass is 435 g/mol. The van der Waals surface area contributed by atoms with E-state index in [0.717, 1.165) is 31.4 Å². The number of anilines is 1. The third-order valence-corrected chi connectivity index (χ3v) is 5.96. The second-order valence-corrected chi connectivity index (χ2v) is 10.9. The Bertz CT molecular complexity index is 918. The number of aromatic nitrogens is 1. The van der Waals surface area contributed by atoms with Gasteiger partial charge in [-0.25, -0.2) is 0 Å². The summed E-state index contributed by atoms with van der Waals surface area (Å²) in [5, 5.41) is 3.09. The lowest BCUT2D eigenvalue weighted by molar-refractivity contribution is -0.129. The first-order valence-corrected chi connectivity index (χ1v) is 11.6. The second-order valence-electron chi connectivity index (χ2n) is 10.9. The van der Waals surface area contributed by atoms with Crippen LogP contribution >= 0.6 is 0 Å². The van der Waals surface area contributed by atoms with Crippen LogP contribution < -0.4 is 10.2 Å². The Hall–Kier alpha value is -2.69. The summed E-state index contributed by atoms with van der Waals surface area (Å²) in [5.41, 5.74) is 2.22. The minimum Gasteiger partial charge on any atom is -0.349 e. The van der Waals surface area contributed by atoms with Gasteiger partial charge in [-0.15, -0.1) is 0 Å². The van der Waals surface area contributed by atoms with E-state index in [2.05, 4.69) is 43.2 Å². The molecule has 0 radical (unpaired) electrons. The molecule has 3 rings (SSSR count). The molecule has 1 aromatic heterocycles. The zero-order valence-electron chi connectivity index (χ0n) is 20.3. The van der Waals surface area contributed by atoms with Gasteiger partial charge in [0.2, 0.25) is 11.8 Å². The van der Waals surface area contributed by atoms with E-state index in [1.54, 1.807) is 17.3 Å². The zero-order valence-corrected chi connectivity index (χ0v) is 20.3. The van der Waals surface area contributed by atoms with Crippen molar-refractivity contribution in [3.05, 3.63) is 59.9 Å². The number of hydrogen-bond donors (Lipinski definition) is 1. The van der Waals surface area contributed by atoms with E-state index in [4.69, 9.17) is 0 Å². The average molecular weight is 436 g/mol. The predicted molar refractivity (Wildman–Crippen MR) is 129 cm³/mol. The maximum Gasteiger partial charge on any atom is 0.248 e. The van der Waals surface area contributed by atoms with Gasteiger partial charge in [0, 0.05) is 35.1 Å². The van der Waals surface area contributed by atoms with Crippen LogP contribution in [0.25, 0.3) is 0 Å². The standard InChI is InChI=1S/C27H37N3O2/c1-26(2,3)21-13-15-22(16-14-21)30(25(32)19-10-7-8-11-19)23(20-12-9-17-28-18-20)24(31)29-27(4,5)6/h9,12-19,23H,7-8,10-11H2,1-6H3,(H,29,31). The molecular weight excluding hydrogens is 398 g/mol. The quantitative estimate of drug-likeness (QED) is 0.669. The van der Waals surface area contributed by atoms with Gasteiger partial charge in [0.1, 0.15) is 6.04 Å². The van der Waals surface area contributed by atoms with Crippen LogP contribution in [0.15, 0.2) is 48.8 Å². The molecular formula is C27H37N3O2. The smallest absolute Gasteiger partial charge is 0.248 e. The van der Waals surface area contributed by atoms with Crippen molar-refractivity contribution in [2.75, 3.05) is 4.90 Å². The molecule has 1 aliphatic carbocycles. The topological polar surface area (TPSA) is 62.3 Å². The summed E-state index contributed by atoms with van der Waals surface area (Å²) >= 11 is 0. The van der Waals surface area contributed by atoms with Crippen LogP contribution in [-0.2, 0) is 15.0 Å². The average Bonchev–Trinajstić information content (AvgIpc) is 3.25. The summed E-state index contributed by atoms with van der Waals surface area (Å²) in [5.74, 6) is -0.237. The van der Waals surface area contributed by atoms with Gasteiger partial charge in [-0.2, -0.15) is 0 Å². The van der Waals surface area contributed by atoms with E-state index in [9.17, 15) is 9.59 Å². The van der Waals surface area contributed by atoms with Gasteiger partial charge in [0.05, 0.1) is 0 Å². The SMILES string of the molecule is CC(C)(C)NC(=O)C(c1cccnc1)N(C(=O)C1CCCC1)c1ccc(C(C)(C)C)cc1. The highest BCUT2D eigenvalue weighted by molar-refractivity contribution is 6.02. The highest BCUT2D eigenvalue weighted by Gasteiger charge is 2.38. The molecule has 172 valence electrons. The summed E-state index contributed by atoms with van der Waals surface area (Å²) < 4.78 is 0. The van der Waals surface area contributed by atoms with Crippen molar-refractivity contribution >= 4 is 17.5 Å². The molecule has 1 aliphatic rings. The molecule has 0 bridgehead atoms. The first-order valence-electron chi connectivity index (χ1n) is 11.6. The number of carbonyl (C=O) groups is 2. The first kappa shape index (κ1) is 24.0. The Morgan fingerprint density at radius 1 is 1.00 bits per heavy atom. The van der Waals surface area contributed by atoms with Crippen molar-refractivity contribution in [3.63, 3.8) is 0 Å². The Kier molecular flexibility index (Phi) is 7.06. The molecule has 0 saturated heterocycles. The molecule has 2 amide bonds. The van der Waals surface area contributed by atoms with E-state index in [1.165, 1.54) is 5.56 Å². The first-order chi connectivity index (χ1) is 15.0. The Morgan fingerprint density at radius 3 is 2.12 bits per heavy atom. The minimum absolute atomic E-state index is 0.00514. The van der Waals surface area contributed by atoms with Crippen LogP contribution in [0.3, 0.4) is 0 Å². The molecule has 0 aliphatic heterocycles. The molecule has 0 spiro atoms. The van der Waals surface area contributed by atoms with E-state index in [0.29, 0.717) is 5.56 Å². The number of carbonyl (C=O) groups excluding carboxylic acids is 2. The summed E-state index contributed by atoms with van der Waals surface area (Å²) in [6.45, 7) is 12.3. The van der Waals surface area contributed by atoms with Gasteiger partial charge in [-0.05, 0) is 62.8 Å². The van der Waals surface area contributed by atoms with Gasteiger partial charge >= 0.3 is 0 Å². The van der Waals surface area contributed by atoms with Crippen molar-refractivity contribution in [1.29, 1.82) is 0 Å². The molecule has 2 aromatic rings. The van der Waals surface area contributed by atoms with Gasteiger partial charge in [0.15, 0.2) is 0 Å². The molecule has 1 heterocycles. The van der Waals surface area contributed by atoms with Crippen molar-refractivity contribution < 1.29 is 9.59 Å². The third kappa shape index (κ3) is 5.76. The van der Waals surface area contributed by atoms with E-state index >= 15 is 0 Å². The number of nitrogens with zero attached hydrogens (tertiary/aromatic N) is 2. The molecule has 1 fully saturated rings. The van der Waals surface area contributed by atoms with E-state index < -0.39 is 11.6 Å². The number of amides is 2. The lowest BCUT2D eigenvalue weighted by Crippen LogP contribution is -2.50. The zero-order chi connectivity index (χ0) is 23.5. The van der Waals surface area contributed by atoms with Gasteiger partial charge in [-0.1, -0.05) is 51.8 Å². The lowest BCUT2D eigenvalue weighted by atomic mass is 9.87. The Labute approximate surface area is 192 Å². The molecule has 32 heavy (non-hydrogen) atoms. The fourth-order valence-electron chi connectivity index (χ4n) is 4.29. The van der Waals surface area contributed by atoms with Crippen LogP contribution in [0.2, 0.25) is 0 Å². The summed E-state index contributed by atoms with van der Waals surface area (Å²) in [6, 6.07) is 11.0. The molecule has 1 N–H and O–H groups in total. The molecule has 1 saturated carbocycles. The number of benzene rings is 1. The van der Waals surface area contributed by atoms with Crippen molar-refractivity contribution in [3.8, 4) is 0 Å². The summed E-state index contributed by atoms with van der Waals surface area (Å²) in [7, 11) is 0. The fraction of sp³-hybridized carbons (Fsp3) is 0.519. The second kappa shape index (κ2) is 9.43. The van der Waals surface area contributed by atoms with E-state index in [-0.39, 0.29) is 23.1 Å².